The van der Waals surface area contributed by atoms with Gasteiger partial charge in [0.1, 0.15) is 11.3 Å². The van der Waals surface area contributed by atoms with Gasteiger partial charge in [0.2, 0.25) is 0 Å². The van der Waals surface area contributed by atoms with Gasteiger partial charge >= 0.3 is 6.03 Å². The summed E-state index contributed by atoms with van der Waals surface area (Å²) in [6.45, 7) is 3.64. The molecule has 1 saturated heterocycles. The highest BCUT2D eigenvalue weighted by molar-refractivity contribution is 6.39. The average Bonchev–Trinajstić information content (AvgIpc) is 2.72. The summed E-state index contributed by atoms with van der Waals surface area (Å²) >= 11 is 0. The lowest BCUT2D eigenvalue weighted by Crippen LogP contribution is -2.54. The molecule has 4 amide bonds. The second-order valence-corrected chi connectivity index (χ2v) is 6.70. The third kappa shape index (κ3) is 3.71. The Morgan fingerprint density at radius 3 is 2.13 bits per heavy atom. The van der Waals surface area contributed by atoms with Gasteiger partial charge in [-0.1, -0.05) is 12.1 Å². The number of methoxy groups -OCH3 is 3. The van der Waals surface area contributed by atoms with Crippen molar-refractivity contribution in [3.8, 4) is 17.2 Å². The largest absolute Gasteiger partial charge is 0.496 e. The van der Waals surface area contributed by atoms with Crippen LogP contribution in [0.15, 0.2) is 35.9 Å². The number of hydrogen-bond donors (Lipinski definition) is 1. The topological polar surface area (TPSA) is 94.2 Å². The number of hydrogen-bond acceptors (Lipinski definition) is 6. The number of aryl methyl sites for hydroxylation is 2. The number of imide groups is 2. The average molecular weight is 410 g/mol. The lowest BCUT2D eigenvalue weighted by Gasteiger charge is -2.28. The summed E-state index contributed by atoms with van der Waals surface area (Å²) in [7, 11) is 4.42. The molecule has 1 heterocycles. The van der Waals surface area contributed by atoms with Crippen LogP contribution in [0.3, 0.4) is 0 Å². The van der Waals surface area contributed by atoms with Crippen molar-refractivity contribution in [2.75, 3.05) is 26.2 Å². The summed E-state index contributed by atoms with van der Waals surface area (Å²) in [6.07, 6.45) is 1.36. The molecule has 156 valence electrons. The van der Waals surface area contributed by atoms with Crippen LogP contribution in [-0.2, 0) is 9.59 Å². The van der Waals surface area contributed by atoms with Crippen LogP contribution < -0.4 is 24.4 Å². The number of anilines is 1. The van der Waals surface area contributed by atoms with Crippen LogP contribution in [0.2, 0.25) is 0 Å². The molecule has 3 rings (SSSR count). The molecular weight excluding hydrogens is 388 g/mol. The number of carbonyl (C=O) groups excluding carboxylic acids is 3. The molecule has 1 aliphatic rings. The molecule has 0 aliphatic carbocycles. The third-order valence-corrected chi connectivity index (χ3v) is 4.74. The molecule has 0 aromatic heterocycles. The van der Waals surface area contributed by atoms with Crippen molar-refractivity contribution < 1.29 is 28.6 Å². The Labute approximate surface area is 174 Å². The van der Waals surface area contributed by atoms with Crippen molar-refractivity contribution in [3.05, 3.63) is 52.6 Å². The quantitative estimate of drug-likeness (QED) is 0.602. The summed E-state index contributed by atoms with van der Waals surface area (Å²) in [6, 6.07) is 7.78. The van der Waals surface area contributed by atoms with Crippen LogP contribution in [-0.4, -0.2) is 39.2 Å². The lowest BCUT2D eigenvalue weighted by atomic mass is 10.0. The maximum Gasteiger partial charge on any atom is 0.335 e. The molecule has 1 N–H and O–H groups in total. The molecule has 2 aromatic rings. The van der Waals surface area contributed by atoms with Gasteiger partial charge in [0.05, 0.1) is 27.0 Å². The predicted molar refractivity (Wildman–Crippen MR) is 111 cm³/mol. The Morgan fingerprint density at radius 1 is 0.867 bits per heavy atom. The number of carbonyl (C=O) groups is 3. The highest BCUT2D eigenvalue weighted by atomic mass is 16.5. The van der Waals surface area contributed by atoms with Crippen molar-refractivity contribution >= 4 is 29.6 Å². The van der Waals surface area contributed by atoms with Crippen LogP contribution in [0.1, 0.15) is 16.7 Å². The van der Waals surface area contributed by atoms with Gasteiger partial charge in [-0.15, -0.1) is 0 Å². The minimum Gasteiger partial charge on any atom is -0.496 e. The van der Waals surface area contributed by atoms with Crippen molar-refractivity contribution in [2.45, 2.75) is 13.8 Å². The molecule has 1 fully saturated rings. The number of ether oxygens (including phenoxy) is 3. The summed E-state index contributed by atoms with van der Waals surface area (Å²) in [4.78, 5) is 39.1. The van der Waals surface area contributed by atoms with E-state index in [0.29, 0.717) is 28.5 Å². The molecule has 0 radical (unpaired) electrons. The van der Waals surface area contributed by atoms with Crippen LogP contribution >= 0.6 is 0 Å². The van der Waals surface area contributed by atoms with Crippen LogP contribution in [0.25, 0.3) is 6.08 Å². The Hall–Kier alpha value is -3.81. The number of amides is 4. The van der Waals surface area contributed by atoms with E-state index in [1.54, 1.807) is 25.1 Å². The highest BCUT2D eigenvalue weighted by Gasteiger charge is 2.37. The fourth-order valence-electron chi connectivity index (χ4n) is 3.16. The number of nitrogens with one attached hydrogen (secondary N) is 1. The molecule has 8 nitrogen and oxygen atoms in total. The molecular formula is C22H22N2O6. The minimum atomic E-state index is -0.796. The smallest absolute Gasteiger partial charge is 0.335 e. The summed E-state index contributed by atoms with van der Waals surface area (Å²) in [5, 5.41) is 2.23. The fraction of sp³-hybridized carbons (Fsp3) is 0.227. The van der Waals surface area contributed by atoms with E-state index in [4.69, 9.17) is 14.2 Å². The monoisotopic (exact) mass is 410 g/mol. The Bertz CT molecular complexity index is 1070. The van der Waals surface area contributed by atoms with Crippen molar-refractivity contribution in [1.29, 1.82) is 0 Å². The second-order valence-electron chi connectivity index (χ2n) is 6.70. The fourth-order valence-corrected chi connectivity index (χ4v) is 3.16. The third-order valence-electron chi connectivity index (χ3n) is 4.74. The second kappa shape index (κ2) is 8.28. The zero-order chi connectivity index (χ0) is 22.0. The molecule has 0 unspecified atom stereocenters. The van der Waals surface area contributed by atoms with Gasteiger partial charge in [-0.25, -0.2) is 9.69 Å². The van der Waals surface area contributed by atoms with Crippen molar-refractivity contribution in [1.82, 2.24) is 5.32 Å². The number of urea groups is 1. The van der Waals surface area contributed by atoms with Gasteiger partial charge in [0.25, 0.3) is 11.8 Å². The first kappa shape index (κ1) is 20.9. The number of barbiturate groups is 1. The van der Waals surface area contributed by atoms with E-state index in [2.05, 4.69) is 5.32 Å². The van der Waals surface area contributed by atoms with Crippen molar-refractivity contribution in [3.63, 3.8) is 0 Å². The summed E-state index contributed by atoms with van der Waals surface area (Å²) in [5.41, 5.74) is 2.22. The minimum absolute atomic E-state index is 0.207. The molecule has 2 aromatic carbocycles. The molecule has 30 heavy (non-hydrogen) atoms. The van der Waals surface area contributed by atoms with Crippen LogP contribution in [0, 0.1) is 13.8 Å². The lowest BCUT2D eigenvalue weighted by molar-refractivity contribution is -0.122. The van der Waals surface area contributed by atoms with Crippen molar-refractivity contribution in [2.24, 2.45) is 0 Å². The Kier molecular flexibility index (Phi) is 5.77. The van der Waals surface area contributed by atoms with E-state index in [-0.39, 0.29) is 5.57 Å². The first-order valence-corrected chi connectivity index (χ1v) is 9.09. The molecule has 0 spiro atoms. The van der Waals surface area contributed by atoms with Gasteiger partial charge < -0.3 is 14.2 Å². The van der Waals surface area contributed by atoms with Gasteiger partial charge in [-0.3, -0.25) is 14.9 Å². The summed E-state index contributed by atoms with van der Waals surface area (Å²) < 4.78 is 15.9. The zero-order valence-corrected chi connectivity index (χ0v) is 17.4. The molecule has 8 heteroatoms. The Balaban J connectivity index is 2.12. The maximum absolute atomic E-state index is 13.2. The first-order valence-electron chi connectivity index (χ1n) is 9.09. The van der Waals surface area contributed by atoms with E-state index < -0.39 is 17.8 Å². The predicted octanol–water partition coefficient (Wildman–Crippen LogP) is 3.00. The van der Waals surface area contributed by atoms with E-state index >= 15 is 0 Å². The normalized spacial score (nSPS) is 15.3. The standard InChI is InChI=1S/C22H22N2O6/c1-12-6-7-13(2)16(8-12)24-21(26)15(20(25)23-22(24)27)9-14-10-18(29-4)19(30-5)11-17(14)28-3/h6-11H,1-5H3,(H,23,25,27). The van der Waals surface area contributed by atoms with E-state index in [1.807, 2.05) is 19.1 Å². The van der Waals surface area contributed by atoms with Gasteiger partial charge in [-0.05, 0) is 43.2 Å². The molecule has 0 atom stereocenters. The number of nitrogens with zero attached hydrogens (tertiary/aromatic N) is 1. The van der Waals surface area contributed by atoms with Crippen LogP contribution in [0.4, 0.5) is 10.5 Å². The van der Waals surface area contributed by atoms with Crippen LogP contribution in [0.5, 0.6) is 17.2 Å². The van der Waals surface area contributed by atoms with E-state index in [0.717, 1.165) is 16.0 Å². The highest BCUT2D eigenvalue weighted by Crippen LogP contribution is 2.36. The molecule has 0 saturated carbocycles. The number of rotatable bonds is 5. The van der Waals surface area contributed by atoms with Gasteiger partial charge in [0, 0.05) is 11.6 Å². The van der Waals surface area contributed by atoms with E-state index in [1.165, 1.54) is 27.4 Å². The van der Waals surface area contributed by atoms with E-state index in [9.17, 15) is 14.4 Å². The van der Waals surface area contributed by atoms with Gasteiger partial charge in [-0.2, -0.15) is 0 Å². The summed E-state index contributed by atoms with van der Waals surface area (Å²) in [5.74, 6) is -0.312. The van der Waals surface area contributed by atoms with Gasteiger partial charge in [0.15, 0.2) is 11.5 Å². The molecule has 0 bridgehead atoms. The maximum atomic E-state index is 13.2. The zero-order valence-electron chi connectivity index (χ0n) is 17.4. The first-order chi connectivity index (χ1) is 14.3. The Morgan fingerprint density at radius 2 is 1.50 bits per heavy atom. The SMILES string of the molecule is COc1cc(OC)c(OC)cc1C=C1C(=O)NC(=O)N(c2cc(C)ccc2C)C1=O. The number of benzene rings is 2. The molecule has 1 aliphatic heterocycles.